The van der Waals surface area contributed by atoms with Crippen molar-refractivity contribution >= 4 is 11.6 Å². The zero-order valence-electron chi connectivity index (χ0n) is 13.7. The number of nitrogens with one attached hydrogen (secondary N) is 2. The average molecular weight is 346 g/mol. The molecule has 2 unspecified atom stereocenters. The van der Waals surface area contributed by atoms with Crippen molar-refractivity contribution in [1.82, 2.24) is 9.97 Å². The molecule has 1 saturated carbocycles. The Morgan fingerprint density at radius 2 is 1.88 bits per heavy atom. The van der Waals surface area contributed by atoms with E-state index in [-0.39, 0.29) is 12.1 Å². The van der Waals surface area contributed by atoms with Crippen molar-refractivity contribution in [3.05, 3.63) is 47.8 Å². The summed E-state index contributed by atoms with van der Waals surface area (Å²) in [6, 6.07) is 5.70. The first kappa shape index (κ1) is 16.2. The van der Waals surface area contributed by atoms with Gasteiger partial charge in [-0.25, -0.2) is 18.7 Å². The van der Waals surface area contributed by atoms with Crippen molar-refractivity contribution in [2.24, 2.45) is 5.92 Å². The van der Waals surface area contributed by atoms with Crippen LogP contribution in [0.3, 0.4) is 0 Å². The van der Waals surface area contributed by atoms with Gasteiger partial charge in [0.25, 0.3) is 0 Å². The molecular weight excluding hydrogens is 326 g/mol. The largest absolute Gasteiger partial charge is 0.371 e. The number of nitrogens with zero attached hydrogens (tertiary/aromatic N) is 2. The second kappa shape index (κ2) is 6.92. The molecule has 2 aromatic rings. The maximum Gasteiger partial charge on any atom is 0.159 e. The summed E-state index contributed by atoms with van der Waals surface area (Å²) in [5.41, 5.74) is 0.620. The summed E-state index contributed by atoms with van der Waals surface area (Å²) in [4.78, 5) is 8.48. The quantitative estimate of drug-likeness (QED) is 0.838. The number of benzene rings is 1. The molecule has 0 spiro atoms. The summed E-state index contributed by atoms with van der Waals surface area (Å²) in [5.74, 6) is 0.519. The van der Waals surface area contributed by atoms with E-state index in [1.807, 2.05) is 6.07 Å². The molecule has 2 fully saturated rings. The molecule has 1 aliphatic carbocycles. The van der Waals surface area contributed by atoms with Gasteiger partial charge in [0.15, 0.2) is 11.6 Å². The molecule has 1 aliphatic heterocycles. The second-order valence-electron chi connectivity index (χ2n) is 6.62. The lowest BCUT2D eigenvalue weighted by Gasteiger charge is -2.21. The molecule has 0 amide bonds. The molecular formula is C18H20F2N4O. The third kappa shape index (κ3) is 3.87. The molecule has 132 valence electrons. The van der Waals surface area contributed by atoms with E-state index in [9.17, 15) is 8.78 Å². The monoisotopic (exact) mass is 346 g/mol. The van der Waals surface area contributed by atoms with Crippen LogP contribution in [0, 0.1) is 17.6 Å². The minimum atomic E-state index is -0.861. The molecule has 2 heterocycles. The van der Waals surface area contributed by atoms with Crippen molar-refractivity contribution in [1.29, 1.82) is 0 Å². The molecule has 1 saturated heterocycles. The van der Waals surface area contributed by atoms with Gasteiger partial charge >= 0.3 is 0 Å². The molecule has 5 nitrogen and oxygen atoms in total. The molecule has 2 N–H and O–H groups in total. The van der Waals surface area contributed by atoms with E-state index in [0.29, 0.717) is 18.0 Å². The lowest BCUT2D eigenvalue weighted by atomic mass is 10.0. The Labute approximate surface area is 144 Å². The third-order valence-electron chi connectivity index (χ3n) is 4.63. The van der Waals surface area contributed by atoms with Crippen LogP contribution in [0.2, 0.25) is 0 Å². The van der Waals surface area contributed by atoms with Crippen LogP contribution < -0.4 is 10.6 Å². The second-order valence-corrected chi connectivity index (χ2v) is 6.62. The fourth-order valence-electron chi connectivity index (χ4n) is 3.05. The van der Waals surface area contributed by atoms with Gasteiger partial charge in [-0.1, -0.05) is 6.07 Å². The SMILES string of the molecule is Fc1ccc(C2OCCC2Nc2cc(NCC3CC3)ncn2)cc1F. The van der Waals surface area contributed by atoms with Crippen LogP contribution in [-0.2, 0) is 4.74 Å². The Morgan fingerprint density at radius 3 is 2.68 bits per heavy atom. The van der Waals surface area contributed by atoms with Gasteiger partial charge in [-0.3, -0.25) is 0 Å². The van der Waals surface area contributed by atoms with Crippen molar-refractivity contribution in [2.45, 2.75) is 31.4 Å². The van der Waals surface area contributed by atoms with Gasteiger partial charge < -0.3 is 15.4 Å². The normalized spacial score (nSPS) is 22.8. The van der Waals surface area contributed by atoms with Gasteiger partial charge in [0, 0.05) is 19.2 Å². The van der Waals surface area contributed by atoms with E-state index in [1.165, 1.54) is 25.2 Å². The van der Waals surface area contributed by atoms with Crippen molar-refractivity contribution in [3.63, 3.8) is 0 Å². The van der Waals surface area contributed by atoms with E-state index >= 15 is 0 Å². The van der Waals surface area contributed by atoms with E-state index in [4.69, 9.17) is 4.74 Å². The zero-order valence-corrected chi connectivity index (χ0v) is 13.7. The highest BCUT2D eigenvalue weighted by Gasteiger charge is 2.30. The Morgan fingerprint density at radius 1 is 1.04 bits per heavy atom. The summed E-state index contributed by atoms with van der Waals surface area (Å²) in [5, 5.41) is 6.65. The Bertz CT molecular complexity index is 754. The minimum Gasteiger partial charge on any atom is -0.371 e. The van der Waals surface area contributed by atoms with Crippen LogP contribution in [0.4, 0.5) is 20.4 Å². The van der Waals surface area contributed by atoms with Gasteiger partial charge in [0.2, 0.25) is 0 Å². The zero-order chi connectivity index (χ0) is 17.2. The molecule has 4 rings (SSSR count). The number of rotatable bonds is 6. The summed E-state index contributed by atoms with van der Waals surface area (Å²) in [7, 11) is 0. The number of hydrogen-bond acceptors (Lipinski definition) is 5. The number of ether oxygens (including phenoxy) is 1. The Hall–Kier alpha value is -2.28. The van der Waals surface area contributed by atoms with Crippen LogP contribution in [0.15, 0.2) is 30.6 Å². The molecule has 2 aliphatic rings. The van der Waals surface area contributed by atoms with Crippen LogP contribution in [-0.4, -0.2) is 29.2 Å². The number of anilines is 2. The molecule has 0 bridgehead atoms. The average Bonchev–Trinajstić information content (AvgIpc) is 3.34. The highest BCUT2D eigenvalue weighted by Crippen LogP contribution is 2.32. The van der Waals surface area contributed by atoms with Crippen molar-refractivity contribution in [3.8, 4) is 0 Å². The predicted molar refractivity (Wildman–Crippen MR) is 90.3 cm³/mol. The smallest absolute Gasteiger partial charge is 0.159 e. The highest BCUT2D eigenvalue weighted by atomic mass is 19.2. The number of hydrogen-bond donors (Lipinski definition) is 2. The van der Waals surface area contributed by atoms with Gasteiger partial charge in [0.1, 0.15) is 24.1 Å². The summed E-state index contributed by atoms with van der Waals surface area (Å²) < 4.78 is 32.4. The molecule has 1 aromatic carbocycles. The van der Waals surface area contributed by atoms with Gasteiger partial charge in [-0.05, 0) is 42.9 Å². The van der Waals surface area contributed by atoms with E-state index in [2.05, 4.69) is 20.6 Å². The lowest BCUT2D eigenvalue weighted by Crippen LogP contribution is -2.24. The molecule has 0 radical (unpaired) electrons. The first-order valence-electron chi connectivity index (χ1n) is 8.58. The topological polar surface area (TPSA) is 59.1 Å². The highest BCUT2D eigenvalue weighted by molar-refractivity contribution is 5.47. The fraction of sp³-hybridized carbons (Fsp3) is 0.444. The minimum absolute atomic E-state index is 0.0592. The lowest BCUT2D eigenvalue weighted by molar-refractivity contribution is 0.107. The standard InChI is InChI=1S/C18H20F2N4O/c19-13-4-3-12(7-14(13)20)18-15(5-6-25-18)24-17-8-16(22-10-23-17)21-9-11-1-2-11/h3-4,7-8,10-11,15,18H,1-2,5-6,9H2,(H2,21,22,23,24). The Balaban J connectivity index is 1.45. The van der Waals surface area contributed by atoms with Crippen LogP contribution in [0.25, 0.3) is 0 Å². The van der Waals surface area contributed by atoms with E-state index in [1.54, 1.807) is 6.07 Å². The van der Waals surface area contributed by atoms with Crippen LogP contribution in [0.5, 0.6) is 0 Å². The fourth-order valence-corrected chi connectivity index (χ4v) is 3.05. The summed E-state index contributed by atoms with van der Waals surface area (Å²) >= 11 is 0. The van der Waals surface area contributed by atoms with Gasteiger partial charge in [-0.15, -0.1) is 0 Å². The first-order valence-corrected chi connectivity index (χ1v) is 8.58. The van der Waals surface area contributed by atoms with E-state index < -0.39 is 11.6 Å². The Kier molecular flexibility index (Phi) is 4.48. The molecule has 7 heteroatoms. The van der Waals surface area contributed by atoms with E-state index in [0.717, 1.165) is 30.8 Å². The summed E-state index contributed by atoms with van der Waals surface area (Å²) in [6.45, 7) is 1.49. The van der Waals surface area contributed by atoms with Crippen LogP contribution in [0.1, 0.15) is 30.9 Å². The number of halogens is 2. The molecule has 2 atom stereocenters. The predicted octanol–water partition coefficient (Wildman–Crippen LogP) is 3.52. The summed E-state index contributed by atoms with van der Waals surface area (Å²) in [6.07, 6.45) is 4.49. The van der Waals surface area contributed by atoms with Crippen LogP contribution >= 0.6 is 0 Å². The van der Waals surface area contributed by atoms with Gasteiger partial charge in [-0.2, -0.15) is 0 Å². The van der Waals surface area contributed by atoms with Crippen molar-refractivity contribution < 1.29 is 13.5 Å². The maximum atomic E-state index is 13.5. The molecule has 1 aromatic heterocycles. The van der Waals surface area contributed by atoms with Crippen molar-refractivity contribution in [2.75, 3.05) is 23.8 Å². The number of aromatic nitrogens is 2. The first-order chi connectivity index (χ1) is 12.2. The van der Waals surface area contributed by atoms with Gasteiger partial charge in [0.05, 0.1) is 6.04 Å². The maximum absolute atomic E-state index is 13.5. The molecule has 25 heavy (non-hydrogen) atoms. The third-order valence-corrected chi connectivity index (χ3v) is 4.63.